The Morgan fingerprint density at radius 1 is 1.28 bits per heavy atom. The van der Waals surface area contributed by atoms with Gasteiger partial charge in [-0.15, -0.1) is 0 Å². The maximum atomic E-state index is 12.9. The zero-order valence-corrected chi connectivity index (χ0v) is 12.0. The van der Waals surface area contributed by atoms with Gasteiger partial charge in [0.05, 0.1) is 5.54 Å². The van der Waals surface area contributed by atoms with Gasteiger partial charge in [-0.25, -0.2) is 0 Å². The molecule has 1 amide bonds. The molecule has 1 atom stereocenters. The minimum absolute atomic E-state index is 0.229. The largest absolute Gasteiger partial charge is 0.338 e. The van der Waals surface area contributed by atoms with Crippen molar-refractivity contribution in [1.29, 1.82) is 0 Å². The third-order valence-corrected chi connectivity index (χ3v) is 4.70. The number of carbonyl (C=O) groups excluding carboxylic acids is 1. The van der Waals surface area contributed by atoms with E-state index in [2.05, 4.69) is 24.1 Å². The molecule has 1 heterocycles. The molecule has 3 nitrogen and oxygen atoms in total. The van der Waals surface area contributed by atoms with Crippen LogP contribution < -0.4 is 5.32 Å². The number of amides is 1. The van der Waals surface area contributed by atoms with E-state index in [4.69, 9.17) is 0 Å². The lowest BCUT2D eigenvalue weighted by molar-refractivity contribution is -0.140. The Hall–Kier alpha value is -0.570. The van der Waals surface area contributed by atoms with E-state index in [-0.39, 0.29) is 5.54 Å². The minimum Gasteiger partial charge on any atom is -0.338 e. The van der Waals surface area contributed by atoms with Crippen LogP contribution in [0.1, 0.15) is 65.2 Å². The molecular formula is C15H28N2O. The highest BCUT2D eigenvalue weighted by Crippen LogP contribution is 2.31. The number of hydrogen-bond acceptors (Lipinski definition) is 2. The third-order valence-electron chi connectivity index (χ3n) is 4.70. The van der Waals surface area contributed by atoms with E-state index in [0.717, 1.165) is 38.8 Å². The van der Waals surface area contributed by atoms with Gasteiger partial charge in [-0.2, -0.15) is 0 Å². The Balaban J connectivity index is 2.10. The normalized spacial score (nSPS) is 28.8. The highest BCUT2D eigenvalue weighted by molar-refractivity contribution is 5.87. The topological polar surface area (TPSA) is 32.3 Å². The van der Waals surface area contributed by atoms with Crippen molar-refractivity contribution in [3.63, 3.8) is 0 Å². The van der Waals surface area contributed by atoms with Crippen molar-refractivity contribution in [1.82, 2.24) is 10.2 Å². The summed E-state index contributed by atoms with van der Waals surface area (Å²) in [7, 11) is 0. The first kappa shape index (κ1) is 13.9. The maximum absolute atomic E-state index is 12.9. The maximum Gasteiger partial charge on any atom is 0.243 e. The number of nitrogens with zero attached hydrogens (tertiary/aromatic N) is 1. The van der Waals surface area contributed by atoms with Crippen LogP contribution in [0.25, 0.3) is 0 Å². The molecule has 1 aliphatic heterocycles. The number of rotatable bonds is 5. The Morgan fingerprint density at radius 3 is 2.50 bits per heavy atom. The van der Waals surface area contributed by atoms with E-state index in [1.165, 1.54) is 25.7 Å². The smallest absolute Gasteiger partial charge is 0.243 e. The molecule has 0 radical (unpaired) electrons. The van der Waals surface area contributed by atoms with Gasteiger partial charge in [0.25, 0.3) is 0 Å². The average Bonchev–Trinajstić information content (AvgIpc) is 3.02. The summed E-state index contributed by atoms with van der Waals surface area (Å²) in [5, 5.41) is 3.52. The Kier molecular flexibility index (Phi) is 4.66. The van der Waals surface area contributed by atoms with Crippen molar-refractivity contribution in [3.8, 4) is 0 Å². The summed E-state index contributed by atoms with van der Waals surface area (Å²) in [4.78, 5) is 15.1. The molecular weight excluding hydrogens is 224 g/mol. The molecule has 0 spiro atoms. The van der Waals surface area contributed by atoms with Gasteiger partial charge in [0.15, 0.2) is 0 Å². The molecule has 18 heavy (non-hydrogen) atoms. The summed E-state index contributed by atoms with van der Waals surface area (Å²) in [6.45, 7) is 6.19. The number of hydrogen-bond donors (Lipinski definition) is 1. The Morgan fingerprint density at radius 2 is 2.00 bits per heavy atom. The molecule has 1 unspecified atom stereocenters. The summed E-state index contributed by atoms with van der Waals surface area (Å²) >= 11 is 0. The summed E-state index contributed by atoms with van der Waals surface area (Å²) in [5.41, 5.74) is -0.229. The molecule has 104 valence electrons. The fourth-order valence-electron chi connectivity index (χ4n) is 3.79. The molecule has 0 aromatic heterocycles. The van der Waals surface area contributed by atoms with Crippen LogP contribution in [0.5, 0.6) is 0 Å². The van der Waals surface area contributed by atoms with Gasteiger partial charge in [0.1, 0.15) is 0 Å². The van der Waals surface area contributed by atoms with Crippen LogP contribution in [-0.4, -0.2) is 35.5 Å². The van der Waals surface area contributed by atoms with Gasteiger partial charge in [0.2, 0.25) is 5.91 Å². The highest BCUT2D eigenvalue weighted by atomic mass is 16.2. The summed E-state index contributed by atoms with van der Waals surface area (Å²) in [6, 6.07) is 0.513. The summed E-state index contributed by atoms with van der Waals surface area (Å²) in [6.07, 6.45) is 9.27. The zero-order valence-electron chi connectivity index (χ0n) is 12.0. The molecule has 1 saturated carbocycles. The van der Waals surface area contributed by atoms with Crippen LogP contribution in [-0.2, 0) is 4.79 Å². The predicted molar refractivity (Wildman–Crippen MR) is 74.5 cm³/mol. The average molecular weight is 252 g/mol. The van der Waals surface area contributed by atoms with Crippen LogP contribution in [0, 0.1) is 0 Å². The monoisotopic (exact) mass is 252 g/mol. The van der Waals surface area contributed by atoms with Crippen molar-refractivity contribution >= 4 is 5.91 Å². The Bertz CT molecular complexity index is 278. The molecule has 1 saturated heterocycles. The van der Waals surface area contributed by atoms with Crippen molar-refractivity contribution in [2.75, 3.05) is 13.1 Å². The predicted octanol–water partition coefficient (Wildman–Crippen LogP) is 2.70. The molecule has 2 aliphatic rings. The lowest BCUT2D eigenvalue weighted by Crippen LogP contribution is -2.57. The van der Waals surface area contributed by atoms with E-state index in [9.17, 15) is 4.79 Å². The second-order valence-electron chi connectivity index (χ2n) is 5.89. The number of carbonyl (C=O) groups is 1. The SMILES string of the molecule is CCCC1(C(=O)N(CC)C2CCCC2)CCCN1. The van der Waals surface area contributed by atoms with Crippen molar-refractivity contribution < 1.29 is 4.79 Å². The van der Waals surface area contributed by atoms with E-state index < -0.39 is 0 Å². The second-order valence-corrected chi connectivity index (χ2v) is 5.89. The van der Waals surface area contributed by atoms with Crippen LogP contribution in [0.4, 0.5) is 0 Å². The van der Waals surface area contributed by atoms with Crippen molar-refractivity contribution in [2.24, 2.45) is 0 Å². The molecule has 0 aromatic rings. The van der Waals surface area contributed by atoms with Crippen LogP contribution >= 0.6 is 0 Å². The molecule has 0 aromatic carbocycles. The first-order chi connectivity index (χ1) is 8.73. The van der Waals surface area contributed by atoms with Gasteiger partial charge in [0, 0.05) is 12.6 Å². The minimum atomic E-state index is -0.229. The van der Waals surface area contributed by atoms with Crippen LogP contribution in [0.2, 0.25) is 0 Å². The van der Waals surface area contributed by atoms with Gasteiger partial charge in [-0.05, 0) is 45.6 Å². The van der Waals surface area contributed by atoms with E-state index >= 15 is 0 Å². The van der Waals surface area contributed by atoms with Crippen molar-refractivity contribution in [3.05, 3.63) is 0 Å². The molecule has 2 fully saturated rings. The fraction of sp³-hybridized carbons (Fsp3) is 0.933. The Labute approximate surface area is 111 Å². The molecule has 1 N–H and O–H groups in total. The zero-order chi connectivity index (χ0) is 13.0. The lowest BCUT2D eigenvalue weighted by atomic mass is 9.89. The first-order valence-electron chi connectivity index (χ1n) is 7.79. The van der Waals surface area contributed by atoms with Gasteiger partial charge in [-0.1, -0.05) is 26.2 Å². The summed E-state index contributed by atoms with van der Waals surface area (Å²) in [5.74, 6) is 0.385. The van der Waals surface area contributed by atoms with E-state index in [1.54, 1.807) is 0 Å². The highest BCUT2D eigenvalue weighted by Gasteiger charge is 2.43. The molecule has 2 rings (SSSR count). The van der Waals surface area contributed by atoms with Gasteiger partial charge >= 0.3 is 0 Å². The fourth-order valence-corrected chi connectivity index (χ4v) is 3.79. The lowest BCUT2D eigenvalue weighted by Gasteiger charge is -2.37. The summed E-state index contributed by atoms with van der Waals surface area (Å²) < 4.78 is 0. The van der Waals surface area contributed by atoms with E-state index in [1.807, 2.05) is 0 Å². The van der Waals surface area contributed by atoms with Crippen LogP contribution in [0.15, 0.2) is 0 Å². The third kappa shape index (κ3) is 2.56. The van der Waals surface area contributed by atoms with Crippen molar-refractivity contribution in [2.45, 2.75) is 76.8 Å². The van der Waals surface area contributed by atoms with Crippen LogP contribution in [0.3, 0.4) is 0 Å². The standard InChI is InChI=1S/C15H28N2O/c1-3-10-15(11-7-12-16-15)14(18)17(4-2)13-8-5-6-9-13/h13,16H,3-12H2,1-2H3. The second kappa shape index (κ2) is 6.05. The number of likely N-dealkylation sites (N-methyl/N-ethyl adjacent to an activating group) is 1. The number of nitrogens with one attached hydrogen (secondary N) is 1. The van der Waals surface area contributed by atoms with Gasteiger partial charge in [-0.3, -0.25) is 4.79 Å². The molecule has 3 heteroatoms. The quantitative estimate of drug-likeness (QED) is 0.816. The first-order valence-corrected chi connectivity index (χ1v) is 7.79. The molecule has 1 aliphatic carbocycles. The van der Waals surface area contributed by atoms with E-state index in [0.29, 0.717) is 11.9 Å². The van der Waals surface area contributed by atoms with Gasteiger partial charge < -0.3 is 10.2 Å². The molecule has 0 bridgehead atoms.